The number of aromatic amines is 1. The molecule has 3 aromatic carbocycles. The third-order valence-corrected chi connectivity index (χ3v) is 5.90. The van der Waals surface area contributed by atoms with E-state index in [4.69, 9.17) is 16.6 Å². The minimum atomic E-state index is -0.474. The summed E-state index contributed by atoms with van der Waals surface area (Å²) < 4.78 is 0. The van der Waals surface area contributed by atoms with Gasteiger partial charge in [-0.3, -0.25) is 15.1 Å². The van der Waals surface area contributed by atoms with E-state index in [1.807, 2.05) is 48.5 Å². The largest absolute Gasteiger partial charge is 0.353 e. The summed E-state index contributed by atoms with van der Waals surface area (Å²) in [7, 11) is 0. The summed E-state index contributed by atoms with van der Waals surface area (Å²) in [6.45, 7) is 0. The lowest BCUT2D eigenvalue weighted by Gasteiger charge is -2.06. The molecule has 6 rings (SSSR count). The normalized spacial score (nSPS) is 11.4. The summed E-state index contributed by atoms with van der Waals surface area (Å²) >= 11 is 6.54. The van der Waals surface area contributed by atoms with Gasteiger partial charge in [-0.25, -0.2) is 4.98 Å². The molecule has 0 radical (unpaired) electrons. The minimum absolute atomic E-state index is 0.162. The molecule has 0 aliphatic rings. The molecule has 0 spiro atoms. The van der Waals surface area contributed by atoms with Crippen LogP contribution in [0.25, 0.3) is 55.4 Å². The number of nitrogens with one attached hydrogen (secondary N) is 1. The second kappa shape index (κ2) is 7.32. The summed E-state index contributed by atoms with van der Waals surface area (Å²) in [5, 5.41) is 22.1. The average molecular weight is 453 g/mol. The molecule has 0 unspecified atom stereocenters. The zero-order valence-corrected chi connectivity index (χ0v) is 17.6. The standard InChI is InChI=1S/C24H13ClN6O2/c25-17-7-3-2-6-14(17)23-15-10-21(31(32)33)24-16(11-27-30-24)22(15)26-12-20(29-23)19-9-13-5-1-4-8-18(13)28-19/h1-12,28H. The van der Waals surface area contributed by atoms with Gasteiger partial charge >= 0.3 is 0 Å². The Morgan fingerprint density at radius 2 is 1.76 bits per heavy atom. The van der Waals surface area contributed by atoms with Gasteiger partial charge in [-0.15, -0.1) is 5.10 Å². The molecule has 0 bridgehead atoms. The number of H-pyrrole nitrogens is 1. The predicted octanol–water partition coefficient (Wildman–Crippen LogP) is 5.95. The smallest absolute Gasteiger partial charge is 0.298 e. The highest BCUT2D eigenvalue weighted by Gasteiger charge is 2.22. The fourth-order valence-corrected chi connectivity index (χ4v) is 4.26. The number of hydrogen-bond donors (Lipinski definition) is 1. The van der Waals surface area contributed by atoms with E-state index in [1.54, 1.807) is 12.3 Å². The predicted molar refractivity (Wildman–Crippen MR) is 127 cm³/mol. The van der Waals surface area contributed by atoms with Crippen LogP contribution >= 0.6 is 11.6 Å². The molecule has 0 amide bonds. The van der Waals surface area contributed by atoms with Gasteiger partial charge in [0.25, 0.3) is 5.69 Å². The van der Waals surface area contributed by atoms with E-state index >= 15 is 0 Å². The Hall–Kier alpha value is -4.43. The summed E-state index contributed by atoms with van der Waals surface area (Å²) in [5.41, 5.74) is 3.95. The van der Waals surface area contributed by atoms with E-state index in [-0.39, 0.29) is 11.2 Å². The zero-order valence-electron chi connectivity index (χ0n) is 16.9. The molecule has 0 aliphatic heterocycles. The minimum Gasteiger partial charge on any atom is -0.353 e. The van der Waals surface area contributed by atoms with Crippen LogP contribution in [0.15, 0.2) is 73.1 Å². The summed E-state index contributed by atoms with van der Waals surface area (Å²) in [4.78, 5) is 24.3. The van der Waals surface area contributed by atoms with Gasteiger partial charge in [0, 0.05) is 32.9 Å². The number of nitro groups is 1. The monoisotopic (exact) mass is 452 g/mol. The van der Waals surface area contributed by atoms with Gasteiger partial charge in [-0.2, -0.15) is 5.10 Å². The lowest BCUT2D eigenvalue weighted by molar-refractivity contribution is -0.383. The van der Waals surface area contributed by atoms with Crippen molar-refractivity contribution in [2.24, 2.45) is 0 Å². The summed E-state index contributed by atoms with van der Waals surface area (Å²) in [6, 6.07) is 18.6. The molecule has 3 aromatic heterocycles. The molecule has 9 heteroatoms. The maximum absolute atomic E-state index is 11.8. The highest BCUT2D eigenvalue weighted by Crippen LogP contribution is 2.38. The van der Waals surface area contributed by atoms with Gasteiger partial charge in [0.05, 0.1) is 39.6 Å². The second-order valence-electron chi connectivity index (χ2n) is 7.51. The number of fused-ring (bicyclic) bond motifs is 4. The zero-order chi connectivity index (χ0) is 22.5. The highest BCUT2D eigenvalue weighted by molar-refractivity contribution is 6.33. The van der Waals surface area contributed by atoms with E-state index < -0.39 is 4.92 Å². The van der Waals surface area contributed by atoms with Gasteiger partial charge in [-0.05, 0) is 18.2 Å². The summed E-state index contributed by atoms with van der Waals surface area (Å²) in [5.74, 6) is 0. The van der Waals surface area contributed by atoms with Crippen molar-refractivity contribution in [3.8, 4) is 22.6 Å². The third kappa shape index (κ3) is 3.07. The molecular formula is C24H13ClN6O2. The van der Waals surface area contributed by atoms with Crippen LogP contribution in [-0.4, -0.2) is 30.1 Å². The fraction of sp³-hybridized carbons (Fsp3) is 0. The first-order chi connectivity index (χ1) is 16.1. The second-order valence-corrected chi connectivity index (χ2v) is 7.92. The Bertz CT molecular complexity index is 1700. The molecule has 8 nitrogen and oxygen atoms in total. The van der Waals surface area contributed by atoms with E-state index in [1.165, 1.54) is 12.3 Å². The van der Waals surface area contributed by atoms with Gasteiger partial charge < -0.3 is 4.98 Å². The van der Waals surface area contributed by atoms with Crippen LogP contribution in [0.4, 0.5) is 5.69 Å². The molecule has 6 aromatic rings. The molecule has 158 valence electrons. The first-order valence-electron chi connectivity index (χ1n) is 10.0. The Kier molecular flexibility index (Phi) is 4.27. The molecule has 0 saturated carbocycles. The molecule has 0 atom stereocenters. The molecule has 3 heterocycles. The Balaban J connectivity index is 1.76. The Morgan fingerprint density at radius 3 is 2.58 bits per heavy atom. The first-order valence-corrected chi connectivity index (χ1v) is 10.4. The van der Waals surface area contributed by atoms with E-state index in [0.717, 1.165) is 16.6 Å². The molecular weight excluding hydrogens is 440 g/mol. The number of nitrogens with zero attached hydrogens (tertiary/aromatic N) is 5. The van der Waals surface area contributed by atoms with Crippen molar-refractivity contribution in [3.05, 3.63) is 88.2 Å². The maximum atomic E-state index is 11.8. The van der Waals surface area contributed by atoms with Crippen LogP contribution in [-0.2, 0) is 0 Å². The fourth-order valence-electron chi connectivity index (χ4n) is 4.03. The Labute approximate surface area is 191 Å². The van der Waals surface area contributed by atoms with E-state index in [2.05, 4.69) is 20.2 Å². The van der Waals surface area contributed by atoms with E-state index in [9.17, 15) is 10.1 Å². The Morgan fingerprint density at radius 1 is 0.939 bits per heavy atom. The number of non-ortho nitro benzene ring substituents is 1. The summed E-state index contributed by atoms with van der Waals surface area (Å²) in [6.07, 6.45) is 3.13. The van der Waals surface area contributed by atoms with Crippen LogP contribution in [0.3, 0.4) is 0 Å². The van der Waals surface area contributed by atoms with Gasteiger partial charge in [0.1, 0.15) is 5.69 Å². The van der Waals surface area contributed by atoms with Gasteiger partial charge in [0.2, 0.25) is 0 Å². The molecule has 0 saturated heterocycles. The third-order valence-electron chi connectivity index (χ3n) is 5.57. The number of rotatable bonds is 3. The van der Waals surface area contributed by atoms with Gasteiger partial charge in [0.15, 0.2) is 5.52 Å². The van der Waals surface area contributed by atoms with Crippen molar-refractivity contribution in [1.82, 2.24) is 25.1 Å². The lowest BCUT2D eigenvalue weighted by atomic mass is 10.0. The lowest BCUT2D eigenvalue weighted by Crippen LogP contribution is -1.92. The first kappa shape index (κ1) is 19.3. The van der Waals surface area contributed by atoms with Crippen LogP contribution in [0, 0.1) is 10.1 Å². The molecule has 0 aliphatic carbocycles. The maximum Gasteiger partial charge on any atom is 0.298 e. The van der Waals surface area contributed by atoms with Crippen molar-refractivity contribution in [2.45, 2.75) is 0 Å². The number of hydrogen-bond acceptors (Lipinski definition) is 6. The van der Waals surface area contributed by atoms with Crippen molar-refractivity contribution in [3.63, 3.8) is 0 Å². The van der Waals surface area contributed by atoms with Crippen molar-refractivity contribution in [1.29, 1.82) is 0 Å². The SMILES string of the molecule is O=[N+]([O-])c1cc2c(-c3ccccc3Cl)nc(-c3cc4ccccc4[nH]3)cnc2c2cnnc12. The number of halogens is 1. The number of para-hydroxylation sites is 1. The van der Waals surface area contributed by atoms with Crippen molar-refractivity contribution in [2.75, 3.05) is 0 Å². The molecule has 1 N–H and O–H groups in total. The van der Waals surface area contributed by atoms with E-state index in [0.29, 0.717) is 38.3 Å². The van der Waals surface area contributed by atoms with Crippen LogP contribution in [0.5, 0.6) is 0 Å². The van der Waals surface area contributed by atoms with Crippen LogP contribution in [0.1, 0.15) is 0 Å². The average Bonchev–Trinajstić information content (AvgIpc) is 3.43. The van der Waals surface area contributed by atoms with Crippen molar-refractivity contribution >= 4 is 50.0 Å². The van der Waals surface area contributed by atoms with Crippen molar-refractivity contribution < 1.29 is 4.92 Å². The van der Waals surface area contributed by atoms with Crippen LogP contribution in [0.2, 0.25) is 5.02 Å². The quantitative estimate of drug-likeness (QED) is 0.262. The molecule has 33 heavy (non-hydrogen) atoms. The number of aromatic nitrogens is 5. The van der Waals surface area contributed by atoms with Gasteiger partial charge in [-0.1, -0.05) is 48.0 Å². The number of benzene rings is 3. The molecule has 0 fully saturated rings. The highest BCUT2D eigenvalue weighted by atomic mass is 35.5. The number of nitro benzene ring substituents is 1. The van der Waals surface area contributed by atoms with Crippen LogP contribution < -0.4 is 0 Å². The topological polar surface area (TPSA) is 110 Å².